The van der Waals surface area contributed by atoms with Crippen molar-refractivity contribution in [1.29, 1.82) is 0 Å². The second-order valence-corrected chi connectivity index (χ2v) is 9.29. The maximum absolute atomic E-state index is 15.2. The van der Waals surface area contributed by atoms with Crippen molar-refractivity contribution in [3.05, 3.63) is 60.1 Å². The van der Waals surface area contributed by atoms with Crippen molar-refractivity contribution in [1.82, 2.24) is 24.4 Å². The van der Waals surface area contributed by atoms with Crippen molar-refractivity contribution in [2.24, 2.45) is 5.41 Å². The van der Waals surface area contributed by atoms with E-state index in [1.54, 1.807) is 28.7 Å². The number of nitrogens with two attached hydrogens (primary N) is 1. The molecule has 9 heteroatoms. The maximum Gasteiger partial charge on any atom is 0.165 e. The first-order valence-corrected chi connectivity index (χ1v) is 10.8. The third-order valence-electron chi connectivity index (χ3n) is 6.59. The lowest BCUT2D eigenvalue weighted by atomic mass is 9.73. The van der Waals surface area contributed by atoms with Gasteiger partial charge < -0.3 is 15.5 Å². The van der Waals surface area contributed by atoms with Gasteiger partial charge in [-0.05, 0) is 38.2 Å². The van der Waals surface area contributed by atoms with Gasteiger partial charge in [-0.25, -0.2) is 23.7 Å². The Bertz CT molecular complexity index is 1380. The van der Waals surface area contributed by atoms with Gasteiger partial charge in [0.2, 0.25) is 0 Å². The smallest absolute Gasteiger partial charge is 0.165 e. The number of aryl methyl sites for hydroxylation is 1. The summed E-state index contributed by atoms with van der Waals surface area (Å²) in [5.41, 5.74) is 9.02. The number of benzene rings is 1. The lowest BCUT2D eigenvalue weighted by Gasteiger charge is -2.60. The number of nitrogen functional groups attached to an aromatic ring is 1. The molecular formula is C24H23F2N7. The minimum Gasteiger partial charge on any atom is -0.384 e. The zero-order valence-electron chi connectivity index (χ0n) is 18.4. The molecule has 1 spiro atoms. The molecule has 2 saturated heterocycles. The van der Waals surface area contributed by atoms with Crippen LogP contribution in [0.5, 0.6) is 0 Å². The van der Waals surface area contributed by atoms with Crippen molar-refractivity contribution >= 4 is 22.7 Å². The average molecular weight is 447 g/mol. The first kappa shape index (κ1) is 20.0. The minimum atomic E-state index is -0.577. The van der Waals surface area contributed by atoms with Gasteiger partial charge >= 0.3 is 0 Å². The topological polar surface area (TPSA) is 76.1 Å². The number of imidazole rings is 1. The lowest BCUT2D eigenvalue weighted by molar-refractivity contribution is -0.00303. The van der Waals surface area contributed by atoms with Crippen LogP contribution in [0.25, 0.3) is 28.1 Å². The quantitative estimate of drug-likeness (QED) is 0.519. The molecule has 7 nitrogen and oxygen atoms in total. The number of anilines is 2. The maximum atomic E-state index is 15.2. The molecule has 6 rings (SSSR count). The molecule has 0 amide bonds. The third kappa shape index (κ3) is 3.14. The molecule has 0 atom stereocenters. The van der Waals surface area contributed by atoms with Gasteiger partial charge in [0.05, 0.1) is 11.4 Å². The van der Waals surface area contributed by atoms with Crippen molar-refractivity contribution in [2.75, 3.05) is 43.9 Å². The summed E-state index contributed by atoms with van der Waals surface area (Å²) in [5, 5.41) is 0. The third-order valence-corrected chi connectivity index (χ3v) is 6.59. The molecule has 0 saturated carbocycles. The van der Waals surface area contributed by atoms with Gasteiger partial charge in [0.25, 0.3) is 0 Å². The Labute approximate surface area is 189 Å². The fraction of sp³-hybridized carbons (Fsp3) is 0.292. The van der Waals surface area contributed by atoms with E-state index in [1.807, 2.05) is 18.2 Å². The molecule has 2 aliphatic rings. The van der Waals surface area contributed by atoms with E-state index in [0.717, 1.165) is 18.7 Å². The van der Waals surface area contributed by atoms with Crippen molar-refractivity contribution in [3.63, 3.8) is 0 Å². The molecule has 0 bridgehead atoms. The summed E-state index contributed by atoms with van der Waals surface area (Å²) < 4.78 is 32.0. The van der Waals surface area contributed by atoms with Gasteiger partial charge in [-0.2, -0.15) is 0 Å². The number of nitrogens with zero attached hydrogens (tertiary/aromatic N) is 6. The molecule has 0 aliphatic carbocycles. The highest BCUT2D eigenvalue weighted by Gasteiger charge is 2.51. The van der Waals surface area contributed by atoms with Gasteiger partial charge in [0, 0.05) is 55.5 Å². The summed E-state index contributed by atoms with van der Waals surface area (Å²) in [5.74, 6) is -0.172. The van der Waals surface area contributed by atoms with Crippen molar-refractivity contribution < 1.29 is 8.78 Å². The van der Waals surface area contributed by atoms with Crippen LogP contribution in [0.4, 0.5) is 20.3 Å². The van der Waals surface area contributed by atoms with Crippen molar-refractivity contribution in [3.8, 4) is 16.9 Å². The number of likely N-dealkylation sites (tertiary alicyclic amines) is 1. The summed E-state index contributed by atoms with van der Waals surface area (Å²) in [6, 6.07) is 9.96. The van der Waals surface area contributed by atoms with Crippen molar-refractivity contribution in [2.45, 2.75) is 6.92 Å². The molecule has 2 N–H and O–H groups in total. The molecule has 33 heavy (non-hydrogen) atoms. The van der Waals surface area contributed by atoms with Crippen LogP contribution in [-0.2, 0) is 0 Å². The first-order chi connectivity index (χ1) is 15.8. The van der Waals surface area contributed by atoms with E-state index >= 15 is 8.78 Å². The molecule has 2 aliphatic heterocycles. The number of fused-ring (bicyclic) bond motifs is 1. The predicted octanol–water partition coefficient (Wildman–Crippen LogP) is 3.40. The number of rotatable bonds is 3. The Morgan fingerprint density at radius 1 is 0.970 bits per heavy atom. The van der Waals surface area contributed by atoms with Gasteiger partial charge in [0.15, 0.2) is 17.3 Å². The molecule has 4 aromatic rings. The molecule has 5 heterocycles. The number of hydrogen-bond donors (Lipinski definition) is 1. The predicted molar refractivity (Wildman–Crippen MR) is 123 cm³/mol. The summed E-state index contributed by atoms with van der Waals surface area (Å²) in [6.07, 6.45) is 1.62. The average Bonchev–Trinajstić information content (AvgIpc) is 3.05. The second-order valence-electron chi connectivity index (χ2n) is 9.29. The Hall–Kier alpha value is -3.59. The molecular weight excluding hydrogens is 424 g/mol. The van der Waals surface area contributed by atoms with E-state index < -0.39 is 11.6 Å². The normalized spacial score (nSPS) is 17.4. The van der Waals surface area contributed by atoms with E-state index in [4.69, 9.17) is 10.7 Å². The molecule has 1 aromatic carbocycles. The highest BCUT2D eigenvalue weighted by molar-refractivity contribution is 5.78. The fourth-order valence-electron chi connectivity index (χ4n) is 5.35. The van der Waals surface area contributed by atoms with Crippen LogP contribution in [-0.4, -0.2) is 57.6 Å². The summed E-state index contributed by atoms with van der Waals surface area (Å²) in [7, 11) is 2.06. The SMILES string of the molecule is Cc1nc2ccc(-c3ccnc(N)c3)nc2n1-c1cc(F)c(N2CC3(CN(C)C3)C2)c(F)c1. The number of hydrogen-bond acceptors (Lipinski definition) is 6. The number of aromatic nitrogens is 4. The van der Waals surface area contributed by atoms with Crippen LogP contribution in [0.3, 0.4) is 0 Å². The molecule has 3 aromatic heterocycles. The Morgan fingerprint density at radius 3 is 2.36 bits per heavy atom. The van der Waals surface area contributed by atoms with Crippen LogP contribution in [0.1, 0.15) is 5.82 Å². The van der Waals surface area contributed by atoms with Crippen LogP contribution in [0.15, 0.2) is 42.6 Å². The Balaban J connectivity index is 1.39. The van der Waals surface area contributed by atoms with E-state index in [1.165, 1.54) is 12.1 Å². The van der Waals surface area contributed by atoms with Crippen LogP contribution < -0.4 is 10.6 Å². The highest BCUT2D eigenvalue weighted by atomic mass is 19.1. The first-order valence-electron chi connectivity index (χ1n) is 10.8. The van der Waals surface area contributed by atoms with Gasteiger partial charge in [-0.15, -0.1) is 0 Å². The van der Waals surface area contributed by atoms with E-state index in [9.17, 15) is 0 Å². The van der Waals surface area contributed by atoms with Crippen LogP contribution in [0.2, 0.25) is 0 Å². The van der Waals surface area contributed by atoms with Crippen LogP contribution in [0, 0.1) is 24.0 Å². The van der Waals surface area contributed by atoms with E-state index in [2.05, 4.69) is 21.9 Å². The number of pyridine rings is 2. The Morgan fingerprint density at radius 2 is 1.70 bits per heavy atom. The van der Waals surface area contributed by atoms with Gasteiger partial charge in [-0.1, -0.05) is 0 Å². The lowest BCUT2D eigenvalue weighted by Crippen LogP contribution is -2.71. The summed E-state index contributed by atoms with van der Waals surface area (Å²) >= 11 is 0. The standard InChI is InChI=1S/C24H23F2N7/c1-14-29-20-4-3-19(15-5-6-28-21(27)7-15)30-23(20)33(14)16-8-17(25)22(18(26)9-16)32-12-24(13-32)10-31(2)11-24/h3-9H,10-13H2,1-2H3,(H2,27,28). The fourth-order valence-corrected chi connectivity index (χ4v) is 5.35. The van der Waals surface area contributed by atoms with Gasteiger partial charge in [0.1, 0.15) is 22.8 Å². The summed E-state index contributed by atoms with van der Waals surface area (Å²) in [6.45, 7) is 5.10. The van der Waals surface area contributed by atoms with E-state index in [-0.39, 0.29) is 11.1 Å². The summed E-state index contributed by atoms with van der Waals surface area (Å²) in [4.78, 5) is 17.3. The minimum absolute atomic E-state index is 0.0434. The second kappa shape index (κ2) is 6.95. The Kier molecular flexibility index (Phi) is 4.22. The molecule has 0 radical (unpaired) electrons. The monoisotopic (exact) mass is 447 g/mol. The largest absolute Gasteiger partial charge is 0.384 e. The molecule has 2 fully saturated rings. The number of halogens is 2. The molecule has 168 valence electrons. The van der Waals surface area contributed by atoms with E-state index in [0.29, 0.717) is 47.3 Å². The molecule has 0 unspecified atom stereocenters. The zero-order chi connectivity index (χ0) is 22.9. The zero-order valence-corrected chi connectivity index (χ0v) is 18.4. The van der Waals surface area contributed by atoms with Crippen LogP contribution >= 0.6 is 0 Å². The van der Waals surface area contributed by atoms with Gasteiger partial charge in [-0.3, -0.25) is 4.57 Å². The highest BCUT2D eigenvalue weighted by Crippen LogP contribution is 2.43.